The highest BCUT2D eigenvalue weighted by Crippen LogP contribution is 2.00. The van der Waals surface area contributed by atoms with E-state index in [1.165, 1.54) is 0 Å². The lowest BCUT2D eigenvalue weighted by Crippen LogP contribution is -2.37. The molecule has 0 aromatic carbocycles. The molecule has 0 bridgehead atoms. The van der Waals surface area contributed by atoms with Crippen molar-refractivity contribution in [2.24, 2.45) is 7.05 Å². The molecule has 0 aliphatic rings. The second-order valence-electron chi connectivity index (χ2n) is 4.50. The Balaban J connectivity index is 2.32. The molecule has 1 rings (SSSR count). The van der Waals surface area contributed by atoms with Crippen LogP contribution in [0.15, 0.2) is 18.3 Å². The first-order chi connectivity index (χ1) is 8.06. The normalized spacial score (nSPS) is 12.8. The number of rotatable bonds is 6. The highest BCUT2D eigenvalue weighted by molar-refractivity contribution is 5.92. The quantitative estimate of drug-likeness (QED) is 0.814. The maximum Gasteiger partial charge on any atom is 0.267 e. The Hall–Kier alpha value is -1.29. The van der Waals surface area contributed by atoms with E-state index in [2.05, 4.69) is 31.1 Å². The average Bonchev–Trinajstić information content (AvgIpc) is 2.74. The third-order valence-corrected chi connectivity index (χ3v) is 3.27. The van der Waals surface area contributed by atoms with Crippen molar-refractivity contribution >= 4 is 5.91 Å². The lowest BCUT2D eigenvalue weighted by Gasteiger charge is -2.23. The largest absolute Gasteiger partial charge is 0.349 e. The zero-order chi connectivity index (χ0) is 12.8. The fraction of sp³-hybridized carbons (Fsp3) is 0.615. The van der Waals surface area contributed by atoms with Crippen molar-refractivity contribution in [1.29, 1.82) is 0 Å². The predicted molar refractivity (Wildman–Crippen MR) is 70.1 cm³/mol. The van der Waals surface area contributed by atoms with Gasteiger partial charge in [-0.25, -0.2) is 0 Å². The van der Waals surface area contributed by atoms with Crippen molar-refractivity contribution in [3.8, 4) is 0 Å². The lowest BCUT2D eigenvalue weighted by molar-refractivity contribution is 0.0939. The molecule has 1 heterocycles. The number of carbonyl (C=O) groups is 1. The molecular formula is C13H23N3O. The molecule has 0 saturated carbocycles. The van der Waals surface area contributed by atoms with E-state index in [0.717, 1.165) is 13.0 Å². The second-order valence-corrected chi connectivity index (χ2v) is 4.50. The van der Waals surface area contributed by atoms with Crippen LogP contribution in [0.1, 0.15) is 30.8 Å². The molecule has 96 valence electrons. The molecule has 0 fully saturated rings. The molecule has 1 N–H and O–H groups in total. The van der Waals surface area contributed by atoms with Gasteiger partial charge in [-0.1, -0.05) is 6.92 Å². The maximum atomic E-state index is 11.8. The number of nitrogens with one attached hydrogen (secondary N) is 1. The van der Waals surface area contributed by atoms with Crippen LogP contribution < -0.4 is 5.32 Å². The van der Waals surface area contributed by atoms with E-state index in [4.69, 9.17) is 0 Å². The third-order valence-electron chi connectivity index (χ3n) is 3.27. The number of likely N-dealkylation sites (N-methyl/N-ethyl adjacent to an activating group) is 1. The molecule has 0 aliphatic heterocycles. The van der Waals surface area contributed by atoms with Gasteiger partial charge in [-0.05, 0) is 32.5 Å². The van der Waals surface area contributed by atoms with Gasteiger partial charge in [0.2, 0.25) is 0 Å². The van der Waals surface area contributed by atoms with Gasteiger partial charge in [0.25, 0.3) is 5.91 Å². The van der Waals surface area contributed by atoms with E-state index in [-0.39, 0.29) is 5.91 Å². The molecule has 1 aromatic rings. The smallest absolute Gasteiger partial charge is 0.267 e. The highest BCUT2D eigenvalue weighted by Gasteiger charge is 2.09. The van der Waals surface area contributed by atoms with Crippen molar-refractivity contribution in [1.82, 2.24) is 14.8 Å². The van der Waals surface area contributed by atoms with Crippen LogP contribution in [0.3, 0.4) is 0 Å². The fourth-order valence-corrected chi connectivity index (χ4v) is 1.67. The summed E-state index contributed by atoms with van der Waals surface area (Å²) in [6.45, 7) is 5.93. The molecule has 0 spiro atoms. The standard InChI is InChI=1S/C13H23N3O/c1-5-11(2)15(3)10-8-14-13(17)12-7-6-9-16(12)4/h6-7,9,11H,5,8,10H2,1-4H3,(H,14,17)/t11-/m0/s1. The van der Waals surface area contributed by atoms with Crippen LogP contribution in [-0.4, -0.2) is 41.6 Å². The molecule has 1 aromatic heterocycles. The molecule has 0 unspecified atom stereocenters. The van der Waals surface area contributed by atoms with Gasteiger partial charge in [-0.15, -0.1) is 0 Å². The summed E-state index contributed by atoms with van der Waals surface area (Å²) in [5, 5.41) is 2.93. The minimum absolute atomic E-state index is 0.00458. The van der Waals surface area contributed by atoms with E-state index in [1.807, 2.05) is 29.9 Å². The summed E-state index contributed by atoms with van der Waals surface area (Å²) in [5.41, 5.74) is 0.705. The molecule has 1 amide bonds. The molecule has 1 atom stereocenters. The Morgan fingerprint density at radius 2 is 2.29 bits per heavy atom. The molecule has 4 nitrogen and oxygen atoms in total. The van der Waals surface area contributed by atoms with E-state index < -0.39 is 0 Å². The Morgan fingerprint density at radius 3 is 2.82 bits per heavy atom. The van der Waals surface area contributed by atoms with Crippen molar-refractivity contribution in [3.05, 3.63) is 24.0 Å². The first-order valence-corrected chi connectivity index (χ1v) is 6.16. The van der Waals surface area contributed by atoms with Crippen LogP contribution in [0, 0.1) is 0 Å². The molecule has 4 heteroatoms. The summed E-state index contributed by atoms with van der Waals surface area (Å²) in [6.07, 6.45) is 3.00. The van der Waals surface area contributed by atoms with Crippen LogP contribution in [0.2, 0.25) is 0 Å². The van der Waals surface area contributed by atoms with Crippen molar-refractivity contribution < 1.29 is 4.79 Å². The number of hydrogen-bond donors (Lipinski definition) is 1. The first-order valence-electron chi connectivity index (χ1n) is 6.16. The van der Waals surface area contributed by atoms with E-state index in [1.54, 1.807) is 0 Å². The van der Waals surface area contributed by atoms with Gasteiger partial charge in [0, 0.05) is 32.4 Å². The van der Waals surface area contributed by atoms with Gasteiger partial charge < -0.3 is 14.8 Å². The van der Waals surface area contributed by atoms with E-state index >= 15 is 0 Å². The Labute approximate surface area is 104 Å². The second kappa shape index (κ2) is 6.45. The zero-order valence-electron chi connectivity index (χ0n) is 11.2. The molecular weight excluding hydrogens is 214 g/mol. The predicted octanol–water partition coefficient (Wildman–Crippen LogP) is 1.49. The van der Waals surface area contributed by atoms with Crippen LogP contribution in [0.4, 0.5) is 0 Å². The summed E-state index contributed by atoms with van der Waals surface area (Å²) in [4.78, 5) is 14.1. The third kappa shape index (κ3) is 3.89. The van der Waals surface area contributed by atoms with Crippen molar-refractivity contribution in [2.75, 3.05) is 20.1 Å². The lowest BCUT2D eigenvalue weighted by atomic mass is 10.2. The summed E-state index contributed by atoms with van der Waals surface area (Å²) in [6, 6.07) is 4.26. The van der Waals surface area contributed by atoms with Crippen molar-refractivity contribution in [2.45, 2.75) is 26.3 Å². The van der Waals surface area contributed by atoms with Gasteiger partial charge in [0.1, 0.15) is 5.69 Å². The monoisotopic (exact) mass is 237 g/mol. The van der Waals surface area contributed by atoms with E-state index in [0.29, 0.717) is 18.3 Å². The molecule has 0 radical (unpaired) electrons. The Bertz CT molecular complexity index is 359. The van der Waals surface area contributed by atoms with E-state index in [9.17, 15) is 4.79 Å². The topological polar surface area (TPSA) is 37.3 Å². The van der Waals surface area contributed by atoms with Crippen LogP contribution in [0.5, 0.6) is 0 Å². The number of carbonyl (C=O) groups excluding carboxylic acids is 1. The molecule has 0 saturated heterocycles. The Kier molecular flexibility index (Phi) is 5.22. The summed E-state index contributed by atoms with van der Waals surface area (Å²) < 4.78 is 1.83. The molecule has 0 aliphatic carbocycles. The first kappa shape index (κ1) is 13.8. The summed E-state index contributed by atoms with van der Waals surface area (Å²) in [5.74, 6) is -0.00458. The van der Waals surface area contributed by atoms with Gasteiger partial charge in [-0.2, -0.15) is 0 Å². The fourth-order valence-electron chi connectivity index (χ4n) is 1.67. The van der Waals surface area contributed by atoms with Crippen molar-refractivity contribution in [3.63, 3.8) is 0 Å². The minimum atomic E-state index is -0.00458. The maximum absolute atomic E-state index is 11.8. The van der Waals surface area contributed by atoms with Crippen LogP contribution in [0.25, 0.3) is 0 Å². The minimum Gasteiger partial charge on any atom is -0.349 e. The average molecular weight is 237 g/mol. The summed E-state index contributed by atoms with van der Waals surface area (Å²) >= 11 is 0. The highest BCUT2D eigenvalue weighted by atomic mass is 16.1. The van der Waals surface area contributed by atoms with Crippen LogP contribution >= 0.6 is 0 Å². The zero-order valence-corrected chi connectivity index (χ0v) is 11.2. The van der Waals surface area contributed by atoms with Gasteiger partial charge in [0.15, 0.2) is 0 Å². The van der Waals surface area contributed by atoms with Gasteiger partial charge >= 0.3 is 0 Å². The van der Waals surface area contributed by atoms with Crippen LogP contribution in [-0.2, 0) is 7.05 Å². The number of hydrogen-bond acceptors (Lipinski definition) is 2. The number of nitrogens with zero attached hydrogens (tertiary/aromatic N) is 2. The van der Waals surface area contributed by atoms with Gasteiger partial charge in [-0.3, -0.25) is 4.79 Å². The molecule has 17 heavy (non-hydrogen) atoms. The Morgan fingerprint density at radius 1 is 1.59 bits per heavy atom. The number of amides is 1. The SMILES string of the molecule is CC[C@H](C)N(C)CCNC(=O)c1cccn1C. The number of aryl methyl sites for hydroxylation is 1. The van der Waals surface area contributed by atoms with Gasteiger partial charge in [0.05, 0.1) is 0 Å². The summed E-state index contributed by atoms with van der Waals surface area (Å²) in [7, 11) is 3.96. The number of aromatic nitrogens is 1.